The molecule has 68 valence electrons. The summed E-state index contributed by atoms with van der Waals surface area (Å²) in [7, 11) is 0. The third-order valence-electron chi connectivity index (χ3n) is 1.19. The summed E-state index contributed by atoms with van der Waals surface area (Å²) >= 11 is 3.36. The largest absolute Gasteiger partial charge is 0.374 e. The molecule has 0 rings (SSSR count). The summed E-state index contributed by atoms with van der Waals surface area (Å²) < 4.78 is 6.31. The fourth-order valence-electron chi connectivity index (χ4n) is 0.558. The van der Waals surface area contributed by atoms with Gasteiger partial charge in [-0.05, 0) is 25.5 Å². The van der Waals surface area contributed by atoms with Gasteiger partial charge in [-0.25, -0.2) is 0 Å². The molecule has 0 radical (unpaired) electrons. The van der Waals surface area contributed by atoms with Crippen molar-refractivity contribution in [2.45, 2.75) is 20.0 Å². The Kier molecular flexibility index (Phi) is 6.03. The van der Waals surface area contributed by atoms with E-state index in [0.29, 0.717) is 6.61 Å². The quantitative estimate of drug-likeness (QED) is 0.658. The molecule has 0 aliphatic carbocycles. The van der Waals surface area contributed by atoms with E-state index in [9.17, 15) is 0 Å². The van der Waals surface area contributed by atoms with Crippen LogP contribution in [0, 0.1) is 0 Å². The number of allylic oxidation sites excluding steroid dienone is 2. The lowest BCUT2D eigenvalue weighted by molar-refractivity contribution is 0.0989. The Bertz CT molecular complexity index is 192. The van der Waals surface area contributed by atoms with Crippen LogP contribution < -0.4 is 0 Å². The molecule has 0 bridgehead atoms. The molecule has 2 heteroatoms. The van der Waals surface area contributed by atoms with Crippen LogP contribution in [0.4, 0.5) is 0 Å². The van der Waals surface area contributed by atoms with E-state index in [-0.39, 0.29) is 6.10 Å². The normalized spacial score (nSPS) is 11.8. The molecule has 12 heavy (non-hydrogen) atoms. The number of halogens is 1. The van der Waals surface area contributed by atoms with Crippen molar-refractivity contribution in [1.82, 2.24) is 0 Å². The minimum atomic E-state index is 0.241. The van der Waals surface area contributed by atoms with Crippen LogP contribution in [0.2, 0.25) is 0 Å². The van der Waals surface area contributed by atoms with Crippen molar-refractivity contribution in [1.29, 1.82) is 0 Å². The zero-order chi connectivity index (χ0) is 9.56. The first kappa shape index (κ1) is 11.7. The Balaban J connectivity index is 3.88. The van der Waals surface area contributed by atoms with E-state index in [2.05, 4.69) is 29.1 Å². The molecule has 0 fully saturated rings. The van der Waals surface area contributed by atoms with Crippen LogP contribution in [0.5, 0.6) is 0 Å². The highest BCUT2D eigenvalue weighted by Gasteiger charge is 1.99. The maximum absolute atomic E-state index is 5.37. The van der Waals surface area contributed by atoms with Gasteiger partial charge >= 0.3 is 0 Å². The monoisotopic (exact) mass is 230 g/mol. The molecule has 0 atom stereocenters. The first-order valence-corrected chi connectivity index (χ1v) is 4.65. The lowest BCUT2D eigenvalue weighted by atomic mass is 10.3. The second-order valence-corrected chi connectivity index (χ2v) is 3.57. The van der Waals surface area contributed by atoms with Gasteiger partial charge in [0, 0.05) is 4.48 Å². The second kappa shape index (κ2) is 6.21. The smallest absolute Gasteiger partial charge is 0.0725 e. The minimum Gasteiger partial charge on any atom is -0.374 e. The second-order valence-electron chi connectivity index (χ2n) is 2.71. The van der Waals surface area contributed by atoms with Gasteiger partial charge in [-0.2, -0.15) is 0 Å². The van der Waals surface area contributed by atoms with E-state index in [4.69, 9.17) is 4.74 Å². The topological polar surface area (TPSA) is 9.23 Å². The summed E-state index contributed by atoms with van der Waals surface area (Å²) in [5.41, 5.74) is 0.934. The van der Waals surface area contributed by atoms with E-state index in [1.54, 1.807) is 6.08 Å². The molecule has 0 N–H and O–H groups in total. The number of rotatable bonds is 5. The van der Waals surface area contributed by atoms with Crippen LogP contribution >= 0.6 is 15.9 Å². The molecule has 0 spiro atoms. The Labute approximate surface area is 82.9 Å². The molecule has 0 amide bonds. The molecular formula is C10H15BrO. The van der Waals surface area contributed by atoms with Gasteiger partial charge in [0.2, 0.25) is 0 Å². The first-order chi connectivity index (χ1) is 5.57. The summed E-state index contributed by atoms with van der Waals surface area (Å²) in [5.74, 6) is 0. The molecule has 0 saturated heterocycles. The van der Waals surface area contributed by atoms with Gasteiger partial charge in [0.1, 0.15) is 0 Å². The summed E-state index contributed by atoms with van der Waals surface area (Å²) in [6.07, 6.45) is 3.81. The van der Waals surface area contributed by atoms with E-state index in [1.165, 1.54) is 0 Å². The minimum absolute atomic E-state index is 0.241. The number of hydrogen-bond donors (Lipinski definition) is 0. The maximum Gasteiger partial charge on any atom is 0.0725 e. The highest BCUT2D eigenvalue weighted by Crippen LogP contribution is 2.15. The Morgan fingerprint density at radius 2 is 2.17 bits per heavy atom. The first-order valence-electron chi connectivity index (χ1n) is 3.86. The van der Waals surface area contributed by atoms with Gasteiger partial charge in [0.15, 0.2) is 0 Å². The van der Waals surface area contributed by atoms with Crippen LogP contribution in [0.25, 0.3) is 0 Å². The van der Waals surface area contributed by atoms with Crippen molar-refractivity contribution in [3.8, 4) is 0 Å². The lowest BCUT2D eigenvalue weighted by Gasteiger charge is -2.08. The van der Waals surface area contributed by atoms with E-state index >= 15 is 0 Å². The lowest BCUT2D eigenvalue weighted by Crippen LogP contribution is -2.05. The van der Waals surface area contributed by atoms with Crippen LogP contribution in [0.1, 0.15) is 13.8 Å². The molecule has 0 aliphatic rings. The average Bonchev–Trinajstić information content (AvgIpc) is 2.00. The maximum atomic E-state index is 5.37. The van der Waals surface area contributed by atoms with E-state index in [0.717, 1.165) is 10.1 Å². The summed E-state index contributed by atoms with van der Waals surface area (Å²) in [6.45, 7) is 12.0. The van der Waals surface area contributed by atoms with Crippen LogP contribution in [0.15, 0.2) is 35.4 Å². The van der Waals surface area contributed by atoms with Crippen molar-refractivity contribution >= 4 is 15.9 Å². The van der Waals surface area contributed by atoms with Crippen LogP contribution in [0.3, 0.4) is 0 Å². The van der Waals surface area contributed by atoms with Gasteiger partial charge in [0.25, 0.3) is 0 Å². The zero-order valence-electron chi connectivity index (χ0n) is 7.64. The SMILES string of the molecule is C=C/C=C(/Br)C(=C)COC(C)C. The van der Waals surface area contributed by atoms with Crippen molar-refractivity contribution in [2.24, 2.45) is 0 Å². The molecule has 0 aromatic rings. The fraction of sp³-hybridized carbons (Fsp3) is 0.400. The molecule has 0 unspecified atom stereocenters. The van der Waals surface area contributed by atoms with Gasteiger partial charge in [-0.15, -0.1) is 0 Å². The van der Waals surface area contributed by atoms with Crippen LogP contribution in [-0.2, 0) is 4.74 Å². The van der Waals surface area contributed by atoms with Crippen molar-refractivity contribution in [3.05, 3.63) is 35.4 Å². The summed E-state index contributed by atoms with van der Waals surface area (Å²) in [4.78, 5) is 0. The number of ether oxygens (including phenoxy) is 1. The van der Waals surface area contributed by atoms with Gasteiger partial charge in [0.05, 0.1) is 12.7 Å². The highest BCUT2D eigenvalue weighted by molar-refractivity contribution is 9.12. The van der Waals surface area contributed by atoms with E-state index < -0.39 is 0 Å². The van der Waals surface area contributed by atoms with Gasteiger partial charge in [-0.3, -0.25) is 0 Å². The summed E-state index contributed by atoms with van der Waals surface area (Å²) in [5, 5.41) is 0. The average molecular weight is 231 g/mol. The Morgan fingerprint density at radius 1 is 1.58 bits per heavy atom. The van der Waals surface area contributed by atoms with Gasteiger partial charge < -0.3 is 4.74 Å². The molecule has 0 saturated carbocycles. The number of hydrogen-bond acceptors (Lipinski definition) is 1. The van der Waals surface area contributed by atoms with E-state index in [1.807, 2.05) is 19.9 Å². The Hall–Kier alpha value is -0.340. The van der Waals surface area contributed by atoms with Crippen molar-refractivity contribution in [2.75, 3.05) is 6.61 Å². The highest BCUT2D eigenvalue weighted by atomic mass is 79.9. The standard InChI is InChI=1S/C10H15BrO/c1-5-6-10(11)9(4)7-12-8(2)3/h5-6,8H,1,4,7H2,2-3H3/b10-6+. The van der Waals surface area contributed by atoms with Crippen LogP contribution in [-0.4, -0.2) is 12.7 Å². The fourth-order valence-corrected chi connectivity index (χ4v) is 0.859. The zero-order valence-corrected chi connectivity index (χ0v) is 9.23. The predicted octanol–water partition coefficient (Wildman–Crippen LogP) is 3.43. The molecular weight excluding hydrogens is 216 g/mol. The molecule has 1 nitrogen and oxygen atoms in total. The molecule has 0 aliphatic heterocycles. The Morgan fingerprint density at radius 3 is 2.58 bits per heavy atom. The van der Waals surface area contributed by atoms with Gasteiger partial charge in [-0.1, -0.05) is 35.2 Å². The third-order valence-corrected chi connectivity index (χ3v) is 2.02. The van der Waals surface area contributed by atoms with Crippen molar-refractivity contribution in [3.63, 3.8) is 0 Å². The molecule has 0 heterocycles. The third kappa shape index (κ3) is 5.33. The summed E-state index contributed by atoms with van der Waals surface area (Å²) in [6, 6.07) is 0. The molecule has 0 aromatic carbocycles. The van der Waals surface area contributed by atoms with Crippen molar-refractivity contribution < 1.29 is 4.74 Å². The molecule has 0 aromatic heterocycles. The predicted molar refractivity (Wildman–Crippen MR) is 57.4 cm³/mol.